The second-order valence-electron chi connectivity index (χ2n) is 4.63. The fourth-order valence-corrected chi connectivity index (χ4v) is 3.09. The lowest BCUT2D eigenvalue weighted by atomic mass is 10.0. The predicted molar refractivity (Wildman–Crippen MR) is 89.4 cm³/mol. The largest absolute Gasteiger partial charge is 0.386 e. The molecule has 0 fully saturated rings. The Kier molecular flexibility index (Phi) is 3.56. The Balaban J connectivity index is 2.05. The van der Waals surface area contributed by atoms with Gasteiger partial charge in [0.25, 0.3) is 0 Å². The Morgan fingerprint density at radius 2 is 1.70 bits per heavy atom. The van der Waals surface area contributed by atoms with Crippen molar-refractivity contribution in [3.8, 4) is 0 Å². The summed E-state index contributed by atoms with van der Waals surface area (Å²) in [5.74, 6) is 0. The fraction of sp³-hybridized carbons (Fsp3) is 0.0588. The first-order chi connectivity index (χ1) is 9.69. The Bertz CT molecular complexity index is 707. The molecule has 1 aliphatic rings. The Hall–Kier alpha value is -1.70. The molecule has 0 radical (unpaired) electrons. The summed E-state index contributed by atoms with van der Waals surface area (Å²) in [6.07, 6.45) is 6.32. The Morgan fingerprint density at radius 1 is 1.00 bits per heavy atom. The quantitative estimate of drug-likeness (QED) is 0.761. The fourth-order valence-electron chi connectivity index (χ4n) is 2.39. The van der Waals surface area contributed by atoms with Gasteiger partial charge in [0.1, 0.15) is 0 Å². The number of benzene rings is 2. The molecule has 0 atom stereocenters. The highest BCUT2D eigenvalue weighted by Gasteiger charge is 2.10. The van der Waals surface area contributed by atoms with E-state index >= 15 is 0 Å². The van der Waals surface area contributed by atoms with Gasteiger partial charge < -0.3 is 5.32 Å². The van der Waals surface area contributed by atoms with Crippen LogP contribution in [0, 0.1) is 0 Å². The molecule has 0 amide bonds. The van der Waals surface area contributed by atoms with Crippen molar-refractivity contribution >= 4 is 46.6 Å². The van der Waals surface area contributed by atoms with Crippen LogP contribution in [0.15, 0.2) is 42.5 Å². The molecule has 0 spiro atoms. The standard InChI is InChI=1S/C17H13Cl2N/c1-20-17-15(18)9-11(10-16(17)19)8-13-7-6-12-4-2-3-5-14(12)13/h2-10,20H,1H3/b13-8+. The number of allylic oxidation sites excluding steroid dienone is 2. The summed E-state index contributed by atoms with van der Waals surface area (Å²) < 4.78 is 0. The van der Waals surface area contributed by atoms with E-state index in [1.165, 1.54) is 16.7 Å². The third kappa shape index (κ3) is 2.35. The highest BCUT2D eigenvalue weighted by molar-refractivity contribution is 6.39. The summed E-state index contributed by atoms with van der Waals surface area (Å²) in [5.41, 5.74) is 5.40. The number of fused-ring (bicyclic) bond motifs is 1. The summed E-state index contributed by atoms with van der Waals surface area (Å²) >= 11 is 12.5. The summed E-state index contributed by atoms with van der Waals surface area (Å²) in [7, 11) is 1.81. The van der Waals surface area contributed by atoms with E-state index in [1.54, 1.807) is 7.05 Å². The molecular weight excluding hydrogens is 289 g/mol. The van der Waals surface area contributed by atoms with Gasteiger partial charge in [0, 0.05) is 7.05 Å². The normalized spacial score (nSPS) is 14.7. The zero-order chi connectivity index (χ0) is 14.1. The topological polar surface area (TPSA) is 12.0 Å². The summed E-state index contributed by atoms with van der Waals surface area (Å²) in [4.78, 5) is 0. The monoisotopic (exact) mass is 301 g/mol. The highest BCUT2D eigenvalue weighted by Crippen LogP contribution is 2.35. The van der Waals surface area contributed by atoms with E-state index in [-0.39, 0.29) is 0 Å². The van der Waals surface area contributed by atoms with E-state index < -0.39 is 0 Å². The van der Waals surface area contributed by atoms with Gasteiger partial charge in [-0.3, -0.25) is 0 Å². The van der Waals surface area contributed by atoms with Gasteiger partial charge >= 0.3 is 0 Å². The van der Waals surface area contributed by atoms with Gasteiger partial charge in [-0.15, -0.1) is 0 Å². The van der Waals surface area contributed by atoms with Crippen molar-refractivity contribution in [1.82, 2.24) is 0 Å². The van der Waals surface area contributed by atoms with Gasteiger partial charge in [0.05, 0.1) is 15.7 Å². The van der Waals surface area contributed by atoms with Crippen molar-refractivity contribution in [1.29, 1.82) is 0 Å². The number of rotatable bonds is 2. The summed E-state index contributed by atoms with van der Waals surface area (Å²) in [6.45, 7) is 0. The smallest absolute Gasteiger partial charge is 0.0716 e. The maximum absolute atomic E-state index is 6.23. The van der Waals surface area contributed by atoms with Crippen LogP contribution in [0.1, 0.15) is 16.7 Å². The van der Waals surface area contributed by atoms with Crippen molar-refractivity contribution in [2.24, 2.45) is 0 Å². The molecule has 1 aliphatic carbocycles. The van der Waals surface area contributed by atoms with E-state index in [9.17, 15) is 0 Å². The molecule has 2 aromatic rings. The first-order valence-electron chi connectivity index (χ1n) is 6.35. The number of halogens is 2. The predicted octanol–water partition coefficient (Wildman–Crippen LogP) is 5.60. The third-order valence-electron chi connectivity index (χ3n) is 3.35. The van der Waals surface area contributed by atoms with E-state index in [2.05, 4.69) is 35.7 Å². The summed E-state index contributed by atoms with van der Waals surface area (Å²) in [5, 5.41) is 4.26. The van der Waals surface area contributed by atoms with Crippen LogP contribution < -0.4 is 5.32 Å². The molecule has 100 valence electrons. The molecule has 1 nitrogen and oxygen atoms in total. The van der Waals surface area contributed by atoms with Gasteiger partial charge in [-0.25, -0.2) is 0 Å². The van der Waals surface area contributed by atoms with Gasteiger partial charge in [0.2, 0.25) is 0 Å². The van der Waals surface area contributed by atoms with Crippen molar-refractivity contribution in [2.45, 2.75) is 0 Å². The van der Waals surface area contributed by atoms with Gasteiger partial charge in [-0.05, 0) is 40.5 Å². The van der Waals surface area contributed by atoms with Crippen LogP contribution in [0.2, 0.25) is 10.0 Å². The molecule has 20 heavy (non-hydrogen) atoms. The lowest BCUT2D eigenvalue weighted by molar-refractivity contribution is 1.50. The average molecular weight is 302 g/mol. The van der Waals surface area contributed by atoms with Gasteiger partial charge in [-0.2, -0.15) is 0 Å². The molecule has 0 heterocycles. The molecule has 3 rings (SSSR count). The number of hydrogen-bond acceptors (Lipinski definition) is 1. The van der Waals surface area contributed by atoms with Crippen LogP contribution >= 0.6 is 23.2 Å². The number of anilines is 1. The first-order valence-corrected chi connectivity index (χ1v) is 7.10. The lowest BCUT2D eigenvalue weighted by Gasteiger charge is -2.08. The number of hydrogen-bond donors (Lipinski definition) is 1. The van der Waals surface area contributed by atoms with Crippen LogP contribution in [0.4, 0.5) is 5.69 Å². The Labute approximate surface area is 128 Å². The minimum absolute atomic E-state index is 0.627. The van der Waals surface area contributed by atoms with Crippen molar-refractivity contribution in [2.75, 3.05) is 12.4 Å². The molecule has 0 unspecified atom stereocenters. The van der Waals surface area contributed by atoms with Crippen molar-refractivity contribution in [3.05, 3.63) is 69.2 Å². The molecule has 3 heteroatoms. The molecule has 2 aromatic carbocycles. The summed E-state index contributed by atoms with van der Waals surface area (Å²) in [6, 6.07) is 12.1. The van der Waals surface area contributed by atoms with Crippen LogP contribution in [0.3, 0.4) is 0 Å². The third-order valence-corrected chi connectivity index (χ3v) is 3.95. The molecule has 0 saturated heterocycles. The second kappa shape index (κ2) is 5.35. The van der Waals surface area contributed by atoms with Crippen LogP contribution in [-0.2, 0) is 0 Å². The zero-order valence-electron chi connectivity index (χ0n) is 11.0. The van der Waals surface area contributed by atoms with Crippen LogP contribution in [0.5, 0.6) is 0 Å². The molecule has 0 aromatic heterocycles. The first kappa shape index (κ1) is 13.3. The van der Waals surface area contributed by atoms with E-state index in [0.717, 1.165) is 11.3 Å². The van der Waals surface area contributed by atoms with Crippen molar-refractivity contribution < 1.29 is 0 Å². The molecule has 1 N–H and O–H groups in total. The second-order valence-corrected chi connectivity index (χ2v) is 5.44. The maximum Gasteiger partial charge on any atom is 0.0716 e. The minimum atomic E-state index is 0.627. The van der Waals surface area contributed by atoms with Crippen LogP contribution in [0.25, 0.3) is 17.7 Å². The van der Waals surface area contributed by atoms with E-state index in [4.69, 9.17) is 23.2 Å². The number of nitrogens with one attached hydrogen (secondary N) is 1. The zero-order valence-corrected chi connectivity index (χ0v) is 12.5. The van der Waals surface area contributed by atoms with Crippen molar-refractivity contribution in [3.63, 3.8) is 0 Å². The molecular formula is C17H13Cl2N. The lowest BCUT2D eigenvalue weighted by Crippen LogP contribution is -1.91. The van der Waals surface area contributed by atoms with E-state index in [0.29, 0.717) is 10.0 Å². The molecule has 0 aliphatic heterocycles. The average Bonchev–Trinajstić information content (AvgIpc) is 2.82. The van der Waals surface area contributed by atoms with Crippen LogP contribution in [-0.4, -0.2) is 7.05 Å². The SMILES string of the molecule is CNc1c(Cl)cc(/C=C2\C=Cc3ccccc32)cc1Cl. The minimum Gasteiger partial charge on any atom is -0.386 e. The molecule has 0 bridgehead atoms. The van der Waals surface area contributed by atoms with Gasteiger partial charge in [0.15, 0.2) is 0 Å². The highest BCUT2D eigenvalue weighted by atomic mass is 35.5. The van der Waals surface area contributed by atoms with Gasteiger partial charge in [-0.1, -0.05) is 59.6 Å². The van der Waals surface area contributed by atoms with E-state index in [1.807, 2.05) is 24.3 Å². The molecule has 0 saturated carbocycles. The Morgan fingerprint density at radius 3 is 2.40 bits per heavy atom. The maximum atomic E-state index is 6.23.